The molecule has 0 saturated heterocycles. The van der Waals surface area contributed by atoms with Gasteiger partial charge in [0.15, 0.2) is 6.10 Å². The minimum atomic E-state index is -0.867. The molecule has 1 atom stereocenters. The van der Waals surface area contributed by atoms with Gasteiger partial charge in [-0.2, -0.15) is 0 Å². The van der Waals surface area contributed by atoms with Crippen LogP contribution in [0.1, 0.15) is 49.4 Å². The van der Waals surface area contributed by atoms with Crippen molar-refractivity contribution < 1.29 is 23.8 Å². The predicted octanol–water partition coefficient (Wildman–Crippen LogP) is 3.04. The van der Waals surface area contributed by atoms with E-state index < -0.39 is 12.1 Å². The third kappa shape index (κ3) is 4.44. The number of ether oxygens (including phenoxy) is 3. The van der Waals surface area contributed by atoms with E-state index in [2.05, 4.69) is 0 Å². The average Bonchev–Trinajstić information content (AvgIpc) is 2.66. The number of rotatable bonds is 6. The SMILES string of the molecule is COc1cccc(OC)c1C(=O)O[C@@H](C)C(=O)N(C)C1CCCCC1. The maximum absolute atomic E-state index is 12.6. The number of nitrogens with zero attached hydrogens (tertiary/aromatic N) is 1. The van der Waals surface area contributed by atoms with E-state index in [4.69, 9.17) is 14.2 Å². The second-order valence-electron chi connectivity index (χ2n) is 6.33. The number of methoxy groups -OCH3 is 2. The van der Waals surface area contributed by atoms with Crippen molar-refractivity contribution in [3.8, 4) is 11.5 Å². The van der Waals surface area contributed by atoms with Crippen molar-refractivity contribution in [1.29, 1.82) is 0 Å². The van der Waals surface area contributed by atoms with Crippen molar-refractivity contribution >= 4 is 11.9 Å². The van der Waals surface area contributed by atoms with E-state index in [0.29, 0.717) is 11.5 Å². The molecule has 0 bridgehead atoms. The van der Waals surface area contributed by atoms with Crippen molar-refractivity contribution in [2.75, 3.05) is 21.3 Å². The van der Waals surface area contributed by atoms with Gasteiger partial charge in [0.2, 0.25) is 0 Å². The first-order valence-corrected chi connectivity index (χ1v) is 8.68. The maximum Gasteiger partial charge on any atom is 0.346 e. The Morgan fingerprint density at radius 3 is 2.16 bits per heavy atom. The molecule has 0 N–H and O–H groups in total. The Morgan fingerprint density at radius 1 is 1.08 bits per heavy atom. The molecule has 6 nitrogen and oxygen atoms in total. The zero-order valence-electron chi connectivity index (χ0n) is 15.4. The van der Waals surface area contributed by atoms with Crippen LogP contribution in [0, 0.1) is 0 Å². The van der Waals surface area contributed by atoms with Crippen LogP contribution in [-0.4, -0.2) is 50.2 Å². The number of hydrogen-bond donors (Lipinski definition) is 0. The van der Waals surface area contributed by atoms with Gasteiger partial charge in [-0.25, -0.2) is 4.79 Å². The minimum Gasteiger partial charge on any atom is -0.496 e. The third-order valence-electron chi connectivity index (χ3n) is 4.73. The molecule has 1 fully saturated rings. The number of likely N-dealkylation sites (N-methyl/N-ethyl adjacent to an activating group) is 1. The molecule has 25 heavy (non-hydrogen) atoms. The Hall–Kier alpha value is -2.24. The van der Waals surface area contributed by atoms with Crippen LogP contribution in [0.5, 0.6) is 11.5 Å². The molecule has 0 unspecified atom stereocenters. The molecule has 138 valence electrons. The summed E-state index contributed by atoms with van der Waals surface area (Å²) in [6.07, 6.45) is 4.63. The molecule has 0 heterocycles. The summed E-state index contributed by atoms with van der Waals surface area (Å²) in [6, 6.07) is 5.25. The fourth-order valence-electron chi connectivity index (χ4n) is 3.26. The Morgan fingerprint density at radius 2 is 1.64 bits per heavy atom. The summed E-state index contributed by atoms with van der Waals surface area (Å²) < 4.78 is 15.8. The first-order chi connectivity index (χ1) is 12.0. The van der Waals surface area contributed by atoms with Crippen LogP contribution in [0.25, 0.3) is 0 Å². The normalized spacial score (nSPS) is 16.0. The molecular formula is C19H27NO5. The molecule has 6 heteroatoms. The number of carbonyl (C=O) groups excluding carboxylic acids is 2. The zero-order valence-corrected chi connectivity index (χ0v) is 15.4. The zero-order chi connectivity index (χ0) is 18.4. The van der Waals surface area contributed by atoms with Crippen LogP contribution >= 0.6 is 0 Å². The molecular weight excluding hydrogens is 322 g/mol. The van der Waals surface area contributed by atoms with Crippen LogP contribution < -0.4 is 9.47 Å². The number of carbonyl (C=O) groups is 2. The van der Waals surface area contributed by atoms with Crippen molar-refractivity contribution in [3.63, 3.8) is 0 Å². The fourth-order valence-corrected chi connectivity index (χ4v) is 3.26. The topological polar surface area (TPSA) is 65.1 Å². The molecule has 1 aliphatic rings. The maximum atomic E-state index is 12.6. The summed E-state index contributed by atoms with van der Waals surface area (Å²) in [5.41, 5.74) is 0.187. The summed E-state index contributed by atoms with van der Waals surface area (Å²) in [5.74, 6) is -0.115. The predicted molar refractivity (Wildman–Crippen MR) is 94.1 cm³/mol. The highest BCUT2D eigenvalue weighted by Crippen LogP contribution is 2.29. The molecule has 0 aromatic heterocycles. The molecule has 1 aliphatic carbocycles. The highest BCUT2D eigenvalue weighted by molar-refractivity contribution is 5.97. The van der Waals surface area contributed by atoms with Crippen molar-refractivity contribution in [1.82, 2.24) is 4.90 Å². The van der Waals surface area contributed by atoms with E-state index in [9.17, 15) is 9.59 Å². The van der Waals surface area contributed by atoms with Crippen molar-refractivity contribution in [2.45, 2.75) is 51.2 Å². The second kappa shape index (κ2) is 8.74. The first-order valence-electron chi connectivity index (χ1n) is 8.68. The number of amides is 1. The molecule has 0 spiro atoms. The van der Waals surface area contributed by atoms with Gasteiger partial charge >= 0.3 is 5.97 Å². The molecule has 0 aliphatic heterocycles. The van der Waals surface area contributed by atoms with Crippen LogP contribution in [0.15, 0.2) is 18.2 Å². The van der Waals surface area contributed by atoms with Gasteiger partial charge in [-0.1, -0.05) is 25.3 Å². The molecule has 1 aromatic rings. The summed E-state index contributed by atoms with van der Waals surface area (Å²) in [4.78, 5) is 26.9. The average molecular weight is 349 g/mol. The van der Waals surface area contributed by atoms with E-state index in [1.54, 1.807) is 37.1 Å². The van der Waals surface area contributed by atoms with Gasteiger partial charge in [0.25, 0.3) is 5.91 Å². The van der Waals surface area contributed by atoms with Crippen LogP contribution in [0.4, 0.5) is 0 Å². The largest absolute Gasteiger partial charge is 0.496 e. The van der Waals surface area contributed by atoms with Crippen LogP contribution in [0.2, 0.25) is 0 Å². The van der Waals surface area contributed by atoms with Crippen LogP contribution in [0.3, 0.4) is 0 Å². The lowest BCUT2D eigenvalue weighted by Gasteiger charge is -2.32. The van der Waals surface area contributed by atoms with Gasteiger partial charge in [-0.3, -0.25) is 4.79 Å². The smallest absolute Gasteiger partial charge is 0.346 e. The standard InChI is InChI=1S/C19H27NO5/c1-13(18(21)20(2)14-9-6-5-7-10-14)25-19(22)17-15(23-3)11-8-12-16(17)24-4/h8,11-14H,5-7,9-10H2,1-4H3/t13-/m0/s1. The van der Waals surface area contributed by atoms with Crippen LogP contribution in [-0.2, 0) is 9.53 Å². The van der Waals surface area contributed by atoms with E-state index in [0.717, 1.165) is 25.7 Å². The fraction of sp³-hybridized carbons (Fsp3) is 0.579. The van der Waals surface area contributed by atoms with Gasteiger partial charge in [0, 0.05) is 13.1 Å². The summed E-state index contributed by atoms with van der Waals surface area (Å²) >= 11 is 0. The monoisotopic (exact) mass is 349 g/mol. The lowest BCUT2D eigenvalue weighted by Crippen LogP contribution is -2.44. The summed E-state index contributed by atoms with van der Waals surface area (Å²) in [5, 5.41) is 0. The quantitative estimate of drug-likeness (QED) is 0.739. The Balaban J connectivity index is 2.08. The first kappa shape index (κ1) is 19.1. The number of esters is 1. The lowest BCUT2D eigenvalue weighted by atomic mass is 9.94. The van der Waals surface area contributed by atoms with E-state index >= 15 is 0 Å². The van der Waals surface area contributed by atoms with E-state index in [1.807, 2.05) is 0 Å². The van der Waals surface area contributed by atoms with Gasteiger partial charge in [-0.15, -0.1) is 0 Å². The van der Waals surface area contributed by atoms with Gasteiger partial charge in [0.05, 0.1) is 14.2 Å². The molecule has 2 rings (SSSR count). The summed E-state index contributed by atoms with van der Waals surface area (Å²) in [7, 11) is 4.72. The van der Waals surface area contributed by atoms with Crippen molar-refractivity contribution in [3.05, 3.63) is 23.8 Å². The van der Waals surface area contributed by atoms with E-state index in [-0.39, 0.29) is 17.5 Å². The molecule has 1 saturated carbocycles. The Bertz CT molecular complexity index is 588. The summed E-state index contributed by atoms with van der Waals surface area (Å²) in [6.45, 7) is 1.60. The molecule has 1 aromatic carbocycles. The molecule has 1 amide bonds. The second-order valence-corrected chi connectivity index (χ2v) is 6.33. The lowest BCUT2D eigenvalue weighted by molar-refractivity contribution is -0.141. The van der Waals surface area contributed by atoms with E-state index in [1.165, 1.54) is 20.6 Å². The van der Waals surface area contributed by atoms with Gasteiger partial charge in [-0.05, 0) is 31.9 Å². The van der Waals surface area contributed by atoms with Gasteiger partial charge in [0.1, 0.15) is 17.1 Å². The minimum absolute atomic E-state index is 0.186. The highest BCUT2D eigenvalue weighted by Gasteiger charge is 2.29. The van der Waals surface area contributed by atoms with Crippen molar-refractivity contribution in [2.24, 2.45) is 0 Å². The number of hydrogen-bond acceptors (Lipinski definition) is 5. The Kier molecular flexibility index (Phi) is 6.67. The number of benzene rings is 1. The Labute approximate surface area is 149 Å². The molecule has 0 radical (unpaired) electrons. The highest BCUT2D eigenvalue weighted by atomic mass is 16.6. The third-order valence-corrected chi connectivity index (χ3v) is 4.73. The van der Waals surface area contributed by atoms with Gasteiger partial charge < -0.3 is 19.1 Å².